The minimum Gasteiger partial charge on any atom is -0.494 e. The van der Waals surface area contributed by atoms with E-state index >= 15 is 0 Å². The van der Waals surface area contributed by atoms with Crippen LogP contribution in [0, 0.1) is 13.8 Å². The van der Waals surface area contributed by atoms with Crippen molar-refractivity contribution in [3.05, 3.63) is 84.6 Å². The molecule has 0 radical (unpaired) electrons. The quantitative estimate of drug-likeness (QED) is 0.348. The first-order chi connectivity index (χ1) is 15.4. The summed E-state index contributed by atoms with van der Waals surface area (Å²) in [6.07, 6.45) is 0. The van der Waals surface area contributed by atoms with E-state index < -0.39 is 6.04 Å². The van der Waals surface area contributed by atoms with Gasteiger partial charge in [0.25, 0.3) is 5.91 Å². The van der Waals surface area contributed by atoms with E-state index in [0.717, 1.165) is 20.6 Å². The van der Waals surface area contributed by atoms with E-state index in [2.05, 4.69) is 20.9 Å². The zero-order chi connectivity index (χ0) is 22.6. The van der Waals surface area contributed by atoms with Gasteiger partial charge in [0, 0.05) is 9.35 Å². The van der Waals surface area contributed by atoms with Gasteiger partial charge in [-0.3, -0.25) is 14.5 Å². The molecule has 2 aromatic carbocycles. The van der Waals surface area contributed by atoms with Gasteiger partial charge in [-0.25, -0.2) is 4.98 Å². The van der Waals surface area contributed by atoms with E-state index in [1.807, 2.05) is 45.0 Å². The van der Waals surface area contributed by atoms with Crippen LogP contribution in [0.15, 0.2) is 56.1 Å². The number of thiazole rings is 1. The Morgan fingerprint density at radius 1 is 1.19 bits per heavy atom. The Labute approximate surface area is 196 Å². The number of carbonyl (C=O) groups is 1. The number of fused-ring (bicyclic) bond motifs is 2. The molecule has 3 heterocycles. The van der Waals surface area contributed by atoms with Crippen LogP contribution in [0.25, 0.3) is 11.0 Å². The number of hydrogen-bond acceptors (Lipinski definition) is 6. The summed E-state index contributed by atoms with van der Waals surface area (Å²) in [5.41, 5.74) is 2.08. The first-order valence-electron chi connectivity index (χ1n) is 10.2. The number of nitrogens with zero attached hydrogens (tertiary/aromatic N) is 2. The van der Waals surface area contributed by atoms with E-state index in [1.165, 1.54) is 11.3 Å². The Hall–Kier alpha value is -2.97. The van der Waals surface area contributed by atoms with Crippen LogP contribution in [0.4, 0.5) is 5.13 Å². The van der Waals surface area contributed by atoms with Crippen molar-refractivity contribution in [3.63, 3.8) is 0 Å². The lowest BCUT2D eigenvalue weighted by atomic mass is 9.98. The van der Waals surface area contributed by atoms with Crippen LogP contribution in [0.5, 0.6) is 5.75 Å². The molecule has 0 unspecified atom stereocenters. The zero-order valence-corrected chi connectivity index (χ0v) is 20.0. The molecule has 0 fully saturated rings. The monoisotopic (exact) mass is 510 g/mol. The second kappa shape index (κ2) is 7.86. The third-order valence-electron chi connectivity index (χ3n) is 5.54. The topological polar surface area (TPSA) is 72.6 Å². The number of halogens is 1. The Morgan fingerprint density at radius 2 is 2.00 bits per heavy atom. The van der Waals surface area contributed by atoms with Gasteiger partial charge in [0.2, 0.25) is 5.76 Å². The van der Waals surface area contributed by atoms with Crippen molar-refractivity contribution < 1.29 is 13.9 Å². The lowest BCUT2D eigenvalue weighted by Gasteiger charge is -2.23. The fourth-order valence-electron chi connectivity index (χ4n) is 3.96. The van der Waals surface area contributed by atoms with Crippen LogP contribution in [-0.2, 0) is 0 Å². The maximum Gasteiger partial charge on any atom is 0.297 e. The molecule has 4 aromatic rings. The van der Waals surface area contributed by atoms with Gasteiger partial charge in [-0.2, -0.15) is 0 Å². The van der Waals surface area contributed by atoms with Gasteiger partial charge >= 0.3 is 0 Å². The largest absolute Gasteiger partial charge is 0.494 e. The molecule has 0 aliphatic carbocycles. The summed E-state index contributed by atoms with van der Waals surface area (Å²) in [6.45, 7) is 6.29. The van der Waals surface area contributed by atoms with Crippen molar-refractivity contribution in [1.29, 1.82) is 0 Å². The van der Waals surface area contributed by atoms with E-state index in [-0.39, 0.29) is 17.1 Å². The number of hydrogen-bond donors (Lipinski definition) is 0. The average molecular weight is 511 g/mol. The summed E-state index contributed by atoms with van der Waals surface area (Å²) in [4.78, 5) is 34.4. The SMILES string of the molecule is CCOc1cccc([C@H]2c3c(oc4ccc(Br)cc4c3=O)C(=O)N2c2nc(C)c(C)s2)c1. The Balaban J connectivity index is 1.80. The summed E-state index contributed by atoms with van der Waals surface area (Å²) >= 11 is 4.85. The molecule has 6 nitrogen and oxygen atoms in total. The second-order valence-electron chi connectivity index (χ2n) is 7.54. The van der Waals surface area contributed by atoms with Gasteiger partial charge in [-0.15, -0.1) is 11.3 Å². The molecule has 1 amide bonds. The Morgan fingerprint density at radius 3 is 2.72 bits per heavy atom. The van der Waals surface area contributed by atoms with Gasteiger partial charge in [-0.05, 0) is 56.7 Å². The number of benzene rings is 2. The molecule has 2 aromatic heterocycles. The molecule has 1 atom stereocenters. The fourth-order valence-corrected chi connectivity index (χ4v) is 5.26. The van der Waals surface area contributed by atoms with Crippen molar-refractivity contribution in [2.45, 2.75) is 26.8 Å². The maximum atomic E-state index is 13.7. The maximum absolute atomic E-state index is 13.7. The molecule has 0 spiro atoms. The average Bonchev–Trinajstić information content (AvgIpc) is 3.25. The highest BCUT2D eigenvalue weighted by atomic mass is 79.9. The number of amides is 1. The molecule has 0 saturated carbocycles. The minimum atomic E-state index is -0.664. The molecule has 162 valence electrons. The molecule has 8 heteroatoms. The molecule has 32 heavy (non-hydrogen) atoms. The van der Waals surface area contributed by atoms with Crippen molar-refractivity contribution in [3.8, 4) is 5.75 Å². The number of ether oxygens (including phenoxy) is 1. The van der Waals surface area contributed by atoms with Crippen LogP contribution < -0.4 is 15.1 Å². The first-order valence-corrected chi connectivity index (χ1v) is 11.8. The molecule has 0 saturated heterocycles. The van der Waals surface area contributed by atoms with E-state index in [0.29, 0.717) is 34.0 Å². The summed E-state index contributed by atoms with van der Waals surface area (Å²) in [7, 11) is 0. The molecule has 5 rings (SSSR count). The summed E-state index contributed by atoms with van der Waals surface area (Å²) < 4.78 is 12.4. The minimum absolute atomic E-state index is 0.0575. The normalized spacial score (nSPS) is 15.4. The third kappa shape index (κ3) is 3.25. The molecular weight excluding hydrogens is 492 g/mol. The van der Waals surface area contributed by atoms with Crippen LogP contribution in [-0.4, -0.2) is 17.5 Å². The number of aryl methyl sites for hydroxylation is 2. The highest BCUT2D eigenvalue weighted by Gasteiger charge is 2.45. The first kappa shape index (κ1) is 20.9. The van der Waals surface area contributed by atoms with Crippen molar-refractivity contribution in [1.82, 2.24) is 4.98 Å². The van der Waals surface area contributed by atoms with Gasteiger partial charge in [0.15, 0.2) is 10.6 Å². The van der Waals surface area contributed by atoms with Crippen LogP contribution >= 0.6 is 27.3 Å². The van der Waals surface area contributed by atoms with Gasteiger partial charge in [-0.1, -0.05) is 28.1 Å². The van der Waals surface area contributed by atoms with Gasteiger partial charge in [0.05, 0.1) is 29.3 Å². The van der Waals surface area contributed by atoms with E-state index in [1.54, 1.807) is 23.1 Å². The second-order valence-corrected chi connectivity index (χ2v) is 9.63. The van der Waals surface area contributed by atoms with Crippen molar-refractivity contribution in [2.24, 2.45) is 0 Å². The lowest BCUT2D eigenvalue weighted by Crippen LogP contribution is -2.29. The van der Waals surface area contributed by atoms with Gasteiger partial charge < -0.3 is 9.15 Å². The highest BCUT2D eigenvalue weighted by molar-refractivity contribution is 9.10. The Bertz CT molecular complexity index is 1420. The molecule has 1 aliphatic rings. The fraction of sp³-hybridized carbons (Fsp3) is 0.208. The predicted octanol–water partition coefficient (Wildman–Crippen LogP) is 5.78. The predicted molar refractivity (Wildman–Crippen MR) is 128 cm³/mol. The zero-order valence-electron chi connectivity index (χ0n) is 17.6. The summed E-state index contributed by atoms with van der Waals surface area (Å²) in [5, 5.41) is 0.957. The number of rotatable bonds is 4. The molecular formula is C24H19BrN2O4S. The number of aromatic nitrogens is 1. The van der Waals surface area contributed by atoms with E-state index in [9.17, 15) is 9.59 Å². The van der Waals surface area contributed by atoms with Crippen LogP contribution in [0.2, 0.25) is 0 Å². The smallest absolute Gasteiger partial charge is 0.297 e. The number of anilines is 1. The van der Waals surface area contributed by atoms with Crippen molar-refractivity contribution in [2.75, 3.05) is 11.5 Å². The highest BCUT2D eigenvalue weighted by Crippen LogP contribution is 2.43. The molecule has 1 aliphatic heterocycles. The van der Waals surface area contributed by atoms with Crippen LogP contribution in [0.3, 0.4) is 0 Å². The van der Waals surface area contributed by atoms with Crippen LogP contribution in [0.1, 0.15) is 45.2 Å². The Kier molecular flexibility index (Phi) is 5.14. The standard InChI is InChI=1S/C24H19BrN2O4S/c1-4-30-16-7-5-6-14(10-16)20-19-21(28)17-11-15(25)8-9-18(17)31-22(19)23(29)27(20)24-26-12(2)13(3)32-24/h5-11,20H,4H2,1-3H3/t20-/m0/s1. The summed E-state index contributed by atoms with van der Waals surface area (Å²) in [5.74, 6) is 0.356. The van der Waals surface area contributed by atoms with E-state index in [4.69, 9.17) is 9.15 Å². The van der Waals surface area contributed by atoms with Crippen molar-refractivity contribution >= 4 is 49.3 Å². The molecule has 0 bridgehead atoms. The summed E-state index contributed by atoms with van der Waals surface area (Å²) in [6, 6.07) is 12.0. The number of carbonyl (C=O) groups excluding carboxylic acids is 1. The lowest BCUT2D eigenvalue weighted by molar-refractivity contribution is 0.0971. The van der Waals surface area contributed by atoms with Gasteiger partial charge in [0.1, 0.15) is 11.3 Å². The third-order valence-corrected chi connectivity index (χ3v) is 7.11. The molecule has 0 N–H and O–H groups in total.